The first-order chi connectivity index (χ1) is 18.8. The summed E-state index contributed by atoms with van der Waals surface area (Å²) in [6.45, 7) is 0.516. The highest BCUT2D eigenvalue weighted by Crippen LogP contribution is 2.41. The standard InChI is InChI=1S/C31H32Cl2N2O4/c1-35-28(22-10-13-25(32)14-11-22)15-12-24(30(35)23-8-5-9-26(33)19-23)20-39-17-16-29(36)34-27(31(37)38)18-21-6-3-2-4-7-21/h2-14,19,27-28,30H,15-18,20H2,1H3,(H,34,36)(H,37,38)/t27-,28?,30-/m0/s1. The summed E-state index contributed by atoms with van der Waals surface area (Å²) in [5.74, 6) is -1.43. The summed E-state index contributed by atoms with van der Waals surface area (Å²) in [5.41, 5.74) is 4.16. The highest BCUT2D eigenvalue weighted by Gasteiger charge is 2.32. The van der Waals surface area contributed by atoms with E-state index in [0.29, 0.717) is 16.7 Å². The van der Waals surface area contributed by atoms with E-state index in [0.717, 1.165) is 23.1 Å². The number of carbonyl (C=O) groups is 2. The molecule has 0 radical (unpaired) electrons. The number of carboxylic acid groups (broad SMARTS) is 1. The number of hydrogen-bond acceptors (Lipinski definition) is 4. The number of ether oxygens (including phenoxy) is 1. The Morgan fingerprint density at radius 1 is 1.00 bits per heavy atom. The fourth-order valence-electron chi connectivity index (χ4n) is 4.97. The van der Waals surface area contributed by atoms with Crippen molar-refractivity contribution in [3.05, 3.63) is 117 Å². The molecule has 4 rings (SSSR count). The lowest BCUT2D eigenvalue weighted by atomic mass is 9.88. The second-order valence-electron chi connectivity index (χ2n) is 9.66. The van der Waals surface area contributed by atoms with E-state index in [-0.39, 0.29) is 37.4 Å². The van der Waals surface area contributed by atoms with Crippen molar-refractivity contribution in [2.45, 2.75) is 37.4 Å². The molecule has 0 spiro atoms. The number of nitrogens with zero attached hydrogens (tertiary/aromatic N) is 1. The molecule has 1 aliphatic rings. The van der Waals surface area contributed by atoms with Crippen LogP contribution in [0.15, 0.2) is 90.5 Å². The normalized spacial score (nSPS) is 18.3. The maximum Gasteiger partial charge on any atom is 0.326 e. The molecule has 0 fully saturated rings. The number of carboxylic acids is 1. The van der Waals surface area contributed by atoms with E-state index in [1.54, 1.807) is 0 Å². The Morgan fingerprint density at radius 2 is 1.74 bits per heavy atom. The van der Waals surface area contributed by atoms with Gasteiger partial charge < -0.3 is 15.2 Å². The van der Waals surface area contributed by atoms with Gasteiger partial charge in [-0.1, -0.05) is 83.9 Å². The van der Waals surface area contributed by atoms with Crippen molar-refractivity contribution in [1.29, 1.82) is 0 Å². The zero-order valence-corrected chi connectivity index (χ0v) is 23.2. The predicted octanol–water partition coefficient (Wildman–Crippen LogP) is 6.26. The molecule has 8 heteroatoms. The van der Waals surface area contributed by atoms with Crippen molar-refractivity contribution < 1.29 is 19.4 Å². The van der Waals surface area contributed by atoms with Gasteiger partial charge in [-0.3, -0.25) is 9.69 Å². The first-order valence-corrected chi connectivity index (χ1v) is 13.6. The number of hydrogen-bond donors (Lipinski definition) is 2. The van der Waals surface area contributed by atoms with E-state index in [1.165, 1.54) is 5.56 Å². The van der Waals surface area contributed by atoms with E-state index < -0.39 is 12.0 Å². The number of carbonyl (C=O) groups excluding carboxylic acids is 1. The van der Waals surface area contributed by atoms with Crippen LogP contribution in [0.4, 0.5) is 0 Å². The van der Waals surface area contributed by atoms with Gasteiger partial charge in [0.2, 0.25) is 5.91 Å². The molecule has 3 aromatic carbocycles. The maximum absolute atomic E-state index is 12.5. The molecule has 39 heavy (non-hydrogen) atoms. The summed E-state index contributed by atoms with van der Waals surface area (Å²) >= 11 is 12.4. The number of nitrogens with one attached hydrogen (secondary N) is 1. The zero-order chi connectivity index (χ0) is 27.8. The van der Waals surface area contributed by atoms with Crippen LogP contribution in [0.1, 0.15) is 41.6 Å². The van der Waals surface area contributed by atoms with E-state index >= 15 is 0 Å². The summed E-state index contributed by atoms with van der Waals surface area (Å²) in [4.78, 5) is 26.5. The Bertz CT molecular complexity index is 1300. The molecule has 0 aliphatic carbocycles. The van der Waals surface area contributed by atoms with Crippen LogP contribution in [-0.2, 0) is 20.7 Å². The Hall–Kier alpha value is -3.16. The monoisotopic (exact) mass is 566 g/mol. The quantitative estimate of drug-likeness (QED) is 0.211. The number of aliphatic carboxylic acids is 1. The first kappa shape index (κ1) is 28.8. The SMILES string of the molecule is CN1C(c2ccc(Cl)cc2)CC=C(COCCC(=O)N[C@@H](Cc2ccccc2)C(=O)O)[C@@H]1c1cccc(Cl)c1. The summed E-state index contributed by atoms with van der Waals surface area (Å²) in [6, 6.07) is 24.0. The lowest BCUT2D eigenvalue weighted by Crippen LogP contribution is -2.42. The van der Waals surface area contributed by atoms with Crippen LogP contribution in [0.5, 0.6) is 0 Å². The molecule has 3 atom stereocenters. The van der Waals surface area contributed by atoms with Crippen LogP contribution in [0.3, 0.4) is 0 Å². The van der Waals surface area contributed by atoms with E-state index in [4.69, 9.17) is 27.9 Å². The van der Waals surface area contributed by atoms with E-state index in [9.17, 15) is 14.7 Å². The van der Waals surface area contributed by atoms with Crippen LogP contribution in [0.2, 0.25) is 10.0 Å². The van der Waals surface area contributed by atoms with Gasteiger partial charge in [-0.15, -0.1) is 0 Å². The summed E-state index contributed by atoms with van der Waals surface area (Å²) in [5, 5.41) is 13.5. The lowest BCUT2D eigenvalue weighted by molar-refractivity contribution is -0.141. The van der Waals surface area contributed by atoms with Gasteiger partial charge in [-0.25, -0.2) is 4.79 Å². The van der Waals surface area contributed by atoms with Crippen LogP contribution in [0.25, 0.3) is 0 Å². The second-order valence-corrected chi connectivity index (χ2v) is 10.5. The highest BCUT2D eigenvalue weighted by atomic mass is 35.5. The predicted molar refractivity (Wildman–Crippen MR) is 154 cm³/mol. The molecule has 204 valence electrons. The Kier molecular flexibility index (Phi) is 10.2. The van der Waals surface area contributed by atoms with Crippen LogP contribution in [0, 0.1) is 0 Å². The van der Waals surface area contributed by atoms with Crippen molar-refractivity contribution in [2.75, 3.05) is 20.3 Å². The fraction of sp³-hybridized carbons (Fsp3) is 0.290. The third-order valence-corrected chi connectivity index (χ3v) is 7.42. The van der Waals surface area contributed by atoms with Crippen LogP contribution in [-0.4, -0.2) is 48.2 Å². The molecular weight excluding hydrogens is 535 g/mol. The number of likely N-dealkylation sites (N-methyl/N-ethyl adjacent to an activating group) is 1. The molecule has 1 aliphatic heterocycles. The minimum atomic E-state index is -1.07. The summed E-state index contributed by atoms with van der Waals surface area (Å²) < 4.78 is 5.94. The Labute approximate surface area is 239 Å². The van der Waals surface area contributed by atoms with Crippen molar-refractivity contribution in [3.63, 3.8) is 0 Å². The minimum absolute atomic E-state index is 0.0609. The summed E-state index contributed by atoms with van der Waals surface area (Å²) in [6.07, 6.45) is 3.29. The molecule has 6 nitrogen and oxygen atoms in total. The smallest absolute Gasteiger partial charge is 0.326 e. The van der Waals surface area contributed by atoms with Crippen molar-refractivity contribution in [1.82, 2.24) is 10.2 Å². The molecule has 3 aromatic rings. The van der Waals surface area contributed by atoms with Gasteiger partial charge in [0.05, 0.1) is 19.3 Å². The molecule has 0 saturated heterocycles. The van der Waals surface area contributed by atoms with Crippen LogP contribution >= 0.6 is 23.2 Å². The molecule has 0 bridgehead atoms. The van der Waals surface area contributed by atoms with E-state index in [2.05, 4.69) is 41.5 Å². The molecular formula is C31H32Cl2N2O4. The molecule has 0 saturated carbocycles. The van der Waals surface area contributed by atoms with Gasteiger partial charge in [0, 0.05) is 28.9 Å². The van der Waals surface area contributed by atoms with Gasteiger partial charge in [0.25, 0.3) is 0 Å². The Morgan fingerprint density at radius 3 is 2.44 bits per heavy atom. The van der Waals surface area contributed by atoms with Gasteiger partial charge in [0.1, 0.15) is 6.04 Å². The molecule has 1 amide bonds. The number of rotatable bonds is 11. The van der Waals surface area contributed by atoms with Crippen LogP contribution < -0.4 is 5.32 Å². The molecule has 0 aromatic heterocycles. The fourth-order valence-corrected chi connectivity index (χ4v) is 5.30. The third kappa shape index (κ3) is 7.93. The van der Waals surface area contributed by atoms with Gasteiger partial charge in [-0.05, 0) is 60.0 Å². The maximum atomic E-state index is 12.5. The average molecular weight is 568 g/mol. The number of halogens is 2. The Balaban J connectivity index is 1.38. The van der Waals surface area contributed by atoms with E-state index in [1.807, 2.05) is 60.7 Å². The van der Waals surface area contributed by atoms with Crippen molar-refractivity contribution in [3.8, 4) is 0 Å². The minimum Gasteiger partial charge on any atom is -0.480 e. The number of amides is 1. The summed E-state index contributed by atoms with van der Waals surface area (Å²) in [7, 11) is 2.09. The topological polar surface area (TPSA) is 78.9 Å². The van der Waals surface area contributed by atoms with Gasteiger partial charge in [0.15, 0.2) is 0 Å². The molecule has 1 unspecified atom stereocenters. The lowest BCUT2D eigenvalue weighted by Gasteiger charge is -2.40. The average Bonchev–Trinajstić information content (AvgIpc) is 2.92. The van der Waals surface area contributed by atoms with Gasteiger partial charge >= 0.3 is 5.97 Å². The largest absolute Gasteiger partial charge is 0.480 e. The highest BCUT2D eigenvalue weighted by molar-refractivity contribution is 6.30. The van der Waals surface area contributed by atoms with Crippen molar-refractivity contribution in [2.24, 2.45) is 0 Å². The first-order valence-electron chi connectivity index (χ1n) is 12.9. The molecule has 1 heterocycles. The third-order valence-electron chi connectivity index (χ3n) is 6.93. The second kappa shape index (κ2) is 13.8. The zero-order valence-electron chi connectivity index (χ0n) is 21.7. The van der Waals surface area contributed by atoms with Gasteiger partial charge in [-0.2, -0.15) is 0 Å². The number of benzene rings is 3. The van der Waals surface area contributed by atoms with Crippen molar-refractivity contribution >= 4 is 35.1 Å². The molecule has 2 N–H and O–H groups in total.